The van der Waals surface area contributed by atoms with E-state index >= 15 is 0 Å². The molecule has 4 rings (SSSR count). The van der Waals surface area contributed by atoms with Crippen molar-refractivity contribution >= 4 is 34.2 Å². The number of fused-ring (bicyclic) bond motifs is 1. The molecule has 7 nitrogen and oxygen atoms in total. The second-order valence-electron chi connectivity index (χ2n) is 7.24. The minimum atomic E-state index is -0.462. The summed E-state index contributed by atoms with van der Waals surface area (Å²) < 4.78 is 4.78. The number of methoxy groups -OCH3 is 1. The summed E-state index contributed by atoms with van der Waals surface area (Å²) in [6.45, 7) is 0. The molecule has 0 saturated heterocycles. The SMILES string of the molecule is COC(=O)c1ccc2c(C(=Nc3ccc(CC(N)=O)cc3)c3ccccc3)c(O)[nH]c2c1. The van der Waals surface area contributed by atoms with Crippen molar-refractivity contribution in [1.82, 2.24) is 4.98 Å². The quantitative estimate of drug-likeness (QED) is 0.320. The fraction of sp³-hybridized carbons (Fsp3) is 0.0800. The third kappa shape index (κ3) is 4.22. The lowest BCUT2D eigenvalue weighted by atomic mass is 10.00. The second kappa shape index (κ2) is 8.77. The van der Waals surface area contributed by atoms with Crippen LogP contribution in [-0.4, -0.2) is 34.8 Å². The van der Waals surface area contributed by atoms with Gasteiger partial charge in [0.1, 0.15) is 0 Å². The Morgan fingerprint density at radius 3 is 2.38 bits per heavy atom. The summed E-state index contributed by atoms with van der Waals surface area (Å²) in [6.07, 6.45) is 0.154. The molecule has 1 aromatic heterocycles. The molecule has 7 heteroatoms. The Morgan fingerprint density at radius 2 is 1.72 bits per heavy atom. The van der Waals surface area contributed by atoms with Gasteiger partial charge < -0.3 is 20.6 Å². The number of aromatic hydroxyl groups is 1. The molecule has 4 aromatic rings. The van der Waals surface area contributed by atoms with E-state index in [4.69, 9.17) is 15.5 Å². The predicted molar refractivity (Wildman–Crippen MR) is 122 cm³/mol. The largest absolute Gasteiger partial charge is 0.494 e. The van der Waals surface area contributed by atoms with Gasteiger partial charge in [0, 0.05) is 16.5 Å². The normalized spacial score (nSPS) is 11.5. The topological polar surface area (TPSA) is 118 Å². The number of nitrogens with two attached hydrogens (primary N) is 1. The van der Waals surface area contributed by atoms with Crippen molar-refractivity contribution in [2.24, 2.45) is 10.7 Å². The van der Waals surface area contributed by atoms with E-state index in [9.17, 15) is 14.7 Å². The van der Waals surface area contributed by atoms with Crippen molar-refractivity contribution in [2.45, 2.75) is 6.42 Å². The molecule has 0 aliphatic carbocycles. The molecular weight excluding hydrogens is 406 g/mol. The molecule has 0 fully saturated rings. The molecule has 0 unspecified atom stereocenters. The predicted octanol–water partition coefficient (Wildman–Crippen LogP) is 3.86. The molecule has 0 aliphatic rings. The first-order valence-corrected chi connectivity index (χ1v) is 9.91. The van der Waals surface area contributed by atoms with Crippen LogP contribution in [0, 0.1) is 0 Å². The minimum absolute atomic E-state index is 0.0602. The van der Waals surface area contributed by atoms with E-state index < -0.39 is 11.9 Å². The number of benzene rings is 3. The first kappa shape index (κ1) is 20.9. The molecule has 0 bridgehead atoms. The van der Waals surface area contributed by atoms with Gasteiger partial charge in [0.2, 0.25) is 5.91 Å². The average molecular weight is 427 g/mol. The van der Waals surface area contributed by atoms with Gasteiger partial charge in [-0.05, 0) is 29.8 Å². The number of hydrogen-bond acceptors (Lipinski definition) is 5. The summed E-state index contributed by atoms with van der Waals surface area (Å²) in [7, 11) is 1.32. The van der Waals surface area contributed by atoms with Crippen LogP contribution in [0.15, 0.2) is 77.8 Å². The zero-order valence-corrected chi connectivity index (χ0v) is 17.3. The van der Waals surface area contributed by atoms with Crippen molar-refractivity contribution in [3.63, 3.8) is 0 Å². The monoisotopic (exact) mass is 427 g/mol. The number of aliphatic imine (C=N–C) groups is 1. The number of H-pyrrole nitrogens is 1. The van der Waals surface area contributed by atoms with Gasteiger partial charge in [0.15, 0.2) is 5.88 Å². The average Bonchev–Trinajstić information content (AvgIpc) is 3.13. The number of primary amides is 1. The Kier molecular flexibility index (Phi) is 5.72. The zero-order valence-electron chi connectivity index (χ0n) is 17.3. The van der Waals surface area contributed by atoms with Gasteiger partial charge in [-0.25, -0.2) is 9.79 Å². The van der Waals surface area contributed by atoms with Gasteiger partial charge in [-0.3, -0.25) is 4.79 Å². The van der Waals surface area contributed by atoms with Crippen LogP contribution in [0.3, 0.4) is 0 Å². The van der Waals surface area contributed by atoms with Crippen molar-refractivity contribution < 1.29 is 19.4 Å². The Balaban J connectivity index is 1.86. The van der Waals surface area contributed by atoms with Crippen molar-refractivity contribution in [2.75, 3.05) is 7.11 Å². The van der Waals surface area contributed by atoms with E-state index in [0.717, 1.165) is 11.1 Å². The number of aromatic amines is 1. The summed E-state index contributed by atoms with van der Waals surface area (Å²) in [6, 6.07) is 21.7. The lowest BCUT2D eigenvalue weighted by molar-refractivity contribution is -0.117. The number of nitrogens with one attached hydrogen (secondary N) is 1. The van der Waals surface area contributed by atoms with Crippen molar-refractivity contribution in [3.8, 4) is 5.88 Å². The van der Waals surface area contributed by atoms with Crippen LogP contribution in [0.25, 0.3) is 10.9 Å². The van der Waals surface area contributed by atoms with Crippen LogP contribution in [0.1, 0.15) is 27.0 Å². The standard InChI is InChI=1S/C25H21N3O4/c1-32-25(31)17-9-12-19-20(14-17)28-24(30)22(19)23(16-5-3-2-4-6-16)27-18-10-7-15(8-11-18)13-21(26)29/h2-12,14,28,30H,13H2,1H3,(H2,26,29). The lowest BCUT2D eigenvalue weighted by Crippen LogP contribution is -2.13. The molecule has 0 aliphatic heterocycles. The Hall–Kier alpha value is -4.39. The summed E-state index contributed by atoms with van der Waals surface area (Å²) in [5.41, 5.74) is 9.55. The maximum Gasteiger partial charge on any atom is 0.337 e. The first-order chi connectivity index (χ1) is 15.5. The number of nitrogens with zero attached hydrogens (tertiary/aromatic N) is 1. The van der Waals surface area contributed by atoms with Crippen LogP contribution >= 0.6 is 0 Å². The zero-order chi connectivity index (χ0) is 22.7. The molecule has 0 radical (unpaired) electrons. The highest BCUT2D eigenvalue weighted by atomic mass is 16.5. The highest BCUT2D eigenvalue weighted by molar-refractivity contribution is 6.22. The van der Waals surface area contributed by atoms with Crippen LogP contribution in [0.4, 0.5) is 5.69 Å². The fourth-order valence-electron chi connectivity index (χ4n) is 3.55. The van der Waals surface area contributed by atoms with Crippen LogP contribution in [0.5, 0.6) is 5.88 Å². The number of rotatable bonds is 6. The van der Waals surface area contributed by atoms with Gasteiger partial charge in [-0.15, -0.1) is 0 Å². The van der Waals surface area contributed by atoms with Gasteiger partial charge in [-0.1, -0.05) is 48.5 Å². The smallest absolute Gasteiger partial charge is 0.337 e. The number of esters is 1. The summed E-state index contributed by atoms with van der Waals surface area (Å²) >= 11 is 0. The van der Waals surface area contributed by atoms with E-state index in [0.29, 0.717) is 33.4 Å². The van der Waals surface area contributed by atoms with Crippen LogP contribution < -0.4 is 5.73 Å². The number of carbonyl (C=O) groups excluding carboxylic acids is 2. The Morgan fingerprint density at radius 1 is 1.00 bits per heavy atom. The molecule has 3 aromatic carbocycles. The molecule has 160 valence electrons. The van der Waals surface area contributed by atoms with Gasteiger partial charge in [-0.2, -0.15) is 0 Å². The molecule has 1 heterocycles. The molecule has 1 amide bonds. The molecule has 0 atom stereocenters. The summed E-state index contributed by atoms with van der Waals surface area (Å²) in [5.74, 6) is -0.924. The third-order valence-electron chi connectivity index (χ3n) is 5.04. The third-order valence-corrected chi connectivity index (χ3v) is 5.04. The number of hydrogen-bond donors (Lipinski definition) is 3. The summed E-state index contributed by atoms with van der Waals surface area (Å²) in [4.78, 5) is 30.8. The molecular formula is C25H21N3O4. The number of amides is 1. The Labute approximate surface area is 184 Å². The molecule has 0 spiro atoms. The lowest BCUT2D eigenvalue weighted by Gasteiger charge is -2.08. The maximum atomic E-state index is 11.9. The van der Waals surface area contributed by atoms with E-state index in [2.05, 4.69) is 4.98 Å². The van der Waals surface area contributed by atoms with Crippen LogP contribution in [-0.2, 0) is 16.0 Å². The maximum absolute atomic E-state index is 11.9. The summed E-state index contributed by atoms with van der Waals surface area (Å²) in [5, 5.41) is 11.5. The number of aromatic nitrogens is 1. The van der Waals surface area contributed by atoms with E-state index in [1.165, 1.54) is 7.11 Å². The fourth-order valence-corrected chi connectivity index (χ4v) is 3.55. The molecule has 4 N–H and O–H groups in total. The minimum Gasteiger partial charge on any atom is -0.494 e. The van der Waals surface area contributed by atoms with E-state index in [-0.39, 0.29) is 12.3 Å². The number of ether oxygens (including phenoxy) is 1. The van der Waals surface area contributed by atoms with Gasteiger partial charge >= 0.3 is 5.97 Å². The Bertz CT molecular complexity index is 1320. The number of carbonyl (C=O) groups is 2. The van der Waals surface area contributed by atoms with E-state index in [1.807, 2.05) is 30.3 Å². The van der Waals surface area contributed by atoms with Crippen LogP contribution in [0.2, 0.25) is 0 Å². The highest BCUT2D eigenvalue weighted by Crippen LogP contribution is 2.32. The molecule has 0 saturated carbocycles. The van der Waals surface area contributed by atoms with Crippen molar-refractivity contribution in [3.05, 3.63) is 95.1 Å². The molecule has 32 heavy (non-hydrogen) atoms. The first-order valence-electron chi connectivity index (χ1n) is 9.91. The van der Waals surface area contributed by atoms with Gasteiger partial charge in [0.25, 0.3) is 0 Å². The highest BCUT2D eigenvalue weighted by Gasteiger charge is 2.20. The van der Waals surface area contributed by atoms with E-state index in [1.54, 1.807) is 42.5 Å². The van der Waals surface area contributed by atoms with Crippen molar-refractivity contribution in [1.29, 1.82) is 0 Å². The second-order valence-corrected chi connectivity index (χ2v) is 7.24. The van der Waals surface area contributed by atoms with Gasteiger partial charge in [0.05, 0.1) is 36.1 Å².